The SMILES string of the molecule is CC(C)(c1ccccc1)c1ccc(P(=O)(c2ccccc2)c2ccc3sc4ccc(P(=O)(c5ccccc5)c5ccc([Si](C)(C)C)cc5)cc4c3c2)cc1. The molecule has 0 spiro atoms. The van der Waals surface area contributed by atoms with Gasteiger partial charge in [0.05, 0.1) is 8.07 Å². The molecule has 0 fully saturated rings. The normalized spacial score (nSPS) is 14.5. The minimum absolute atomic E-state index is 0.210. The molecule has 54 heavy (non-hydrogen) atoms. The molecule has 1 aromatic heterocycles. The standard InChI is InChI=1S/C48H44O2P2SSi/c1-48(2,35-15-9-6-10-16-35)36-21-23-39(24-22-36)51(49,37-17-11-7-12-18-37)41-27-31-46-44(33-41)45-34-42(28-32-47(45)53-46)52(50,38-19-13-8-14-20-38)40-25-29-43(30-26-40)54(3,4)5/h6-34H,1-5H3. The fraction of sp³-hybridized carbons (Fsp3) is 0.125. The van der Waals surface area contributed by atoms with Gasteiger partial charge in [0, 0.05) is 57.4 Å². The first kappa shape index (κ1) is 36.4. The van der Waals surface area contributed by atoms with Gasteiger partial charge in [-0.05, 0) is 47.5 Å². The number of hydrogen-bond donors (Lipinski definition) is 0. The number of fused-ring (bicyclic) bond motifs is 3. The number of benzene rings is 7. The molecule has 0 aliphatic heterocycles. The Bertz CT molecular complexity index is 2700. The van der Waals surface area contributed by atoms with Gasteiger partial charge in [0.25, 0.3) is 0 Å². The van der Waals surface area contributed by atoms with Crippen molar-refractivity contribution in [2.24, 2.45) is 0 Å². The maximum atomic E-state index is 15.8. The lowest BCUT2D eigenvalue weighted by Crippen LogP contribution is -2.38. The van der Waals surface area contributed by atoms with Crippen molar-refractivity contribution < 1.29 is 9.13 Å². The smallest absolute Gasteiger partial charge is 0.171 e. The third kappa shape index (κ3) is 6.30. The lowest BCUT2D eigenvalue weighted by molar-refractivity contribution is 0.591. The summed E-state index contributed by atoms with van der Waals surface area (Å²) in [6.45, 7) is 11.5. The lowest BCUT2D eigenvalue weighted by atomic mass is 9.78. The van der Waals surface area contributed by atoms with E-state index in [1.54, 1.807) is 11.3 Å². The van der Waals surface area contributed by atoms with Crippen LogP contribution in [0.4, 0.5) is 0 Å². The van der Waals surface area contributed by atoms with Crippen molar-refractivity contribution in [3.63, 3.8) is 0 Å². The fourth-order valence-corrected chi connectivity index (χ4v) is 15.1. The molecule has 0 aliphatic rings. The molecule has 2 nitrogen and oxygen atoms in total. The average molecular weight is 775 g/mol. The zero-order valence-corrected chi connectivity index (χ0v) is 35.0. The summed E-state index contributed by atoms with van der Waals surface area (Å²) in [4.78, 5) is 0. The Morgan fingerprint density at radius 2 is 0.778 bits per heavy atom. The Morgan fingerprint density at radius 3 is 1.20 bits per heavy atom. The Labute approximate surface area is 324 Å². The molecule has 7 aromatic carbocycles. The highest BCUT2D eigenvalue weighted by Gasteiger charge is 2.33. The summed E-state index contributed by atoms with van der Waals surface area (Å²) >= 11 is 1.72. The van der Waals surface area contributed by atoms with Crippen LogP contribution in [0.1, 0.15) is 25.0 Å². The Hall–Kier alpha value is -4.56. The van der Waals surface area contributed by atoms with Gasteiger partial charge in [-0.1, -0.05) is 178 Å². The highest BCUT2D eigenvalue weighted by atomic mass is 32.1. The maximum absolute atomic E-state index is 15.8. The second-order valence-electron chi connectivity index (χ2n) is 15.7. The fourth-order valence-electron chi connectivity index (χ4n) is 7.60. The van der Waals surface area contributed by atoms with Crippen molar-refractivity contribution in [3.8, 4) is 0 Å². The van der Waals surface area contributed by atoms with Crippen LogP contribution in [-0.2, 0) is 14.5 Å². The second-order valence-corrected chi connectivity index (χ2v) is 27.4. The van der Waals surface area contributed by atoms with Crippen LogP contribution < -0.4 is 37.0 Å². The quantitative estimate of drug-likeness (QED) is 0.108. The van der Waals surface area contributed by atoms with Gasteiger partial charge < -0.3 is 9.13 Å². The van der Waals surface area contributed by atoms with Crippen LogP contribution in [0.25, 0.3) is 20.2 Å². The first-order chi connectivity index (χ1) is 25.9. The van der Waals surface area contributed by atoms with Gasteiger partial charge in [-0.2, -0.15) is 0 Å². The molecular weight excluding hydrogens is 731 g/mol. The van der Waals surface area contributed by atoms with Crippen molar-refractivity contribution >= 4 is 90.9 Å². The minimum Gasteiger partial charge on any atom is -0.309 e. The van der Waals surface area contributed by atoms with E-state index in [1.807, 2.05) is 78.9 Å². The van der Waals surface area contributed by atoms with E-state index in [0.29, 0.717) is 0 Å². The average Bonchev–Trinajstić information content (AvgIpc) is 3.58. The highest BCUT2D eigenvalue weighted by Crippen LogP contribution is 2.47. The van der Waals surface area contributed by atoms with Crippen molar-refractivity contribution in [2.75, 3.05) is 0 Å². The third-order valence-electron chi connectivity index (χ3n) is 10.9. The van der Waals surface area contributed by atoms with E-state index in [2.05, 4.69) is 131 Å². The molecule has 0 saturated carbocycles. The predicted molar refractivity (Wildman–Crippen MR) is 240 cm³/mol. The number of rotatable bonds is 9. The summed E-state index contributed by atoms with van der Waals surface area (Å²) in [5, 5.41) is 8.25. The van der Waals surface area contributed by atoms with Crippen molar-refractivity contribution in [2.45, 2.75) is 38.9 Å². The van der Waals surface area contributed by atoms with Crippen molar-refractivity contribution in [1.29, 1.82) is 0 Å². The summed E-state index contributed by atoms with van der Waals surface area (Å²) < 4.78 is 33.7. The molecule has 0 N–H and O–H groups in total. The molecule has 0 radical (unpaired) electrons. The van der Waals surface area contributed by atoms with Gasteiger partial charge in [0.2, 0.25) is 0 Å². The van der Waals surface area contributed by atoms with E-state index in [1.165, 1.54) is 16.3 Å². The topological polar surface area (TPSA) is 34.1 Å². The van der Waals surface area contributed by atoms with Gasteiger partial charge >= 0.3 is 0 Å². The summed E-state index contributed by atoms with van der Waals surface area (Å²) in [5.74, 6) is 0. The largest absolute Gasteiger partial charge is 0.309 e. The van der Waals surface area contributed by atoms with Crippen LogP contribution in [0.2, 0.25) is 19.6 Å². The third-order valence-corrected chi connectivity index (χ3v) is 20.3. The van der Waals surface area contributed by atoms with E-state index in [-0.39, 0.29) is 5.41 Å². The Kier molecular flexibility index (Phi) is 9.40. The number of thiophene rings is 1. The molecule has 8 aromatic rings. The van der Waals surface area contributed by atoms with E-state index >= 15 is 9.13 Å². The van der Waals surface area contributed by atoms with Gasteiger partial charge in [0.15, 0.2) is 14.3 Å². The van der Waals surface area contributed by atoms with E-state index in [9.17, 15) is 0 Å². The van der Waals surface area contributed by atoms with Crippen LogP contribution in [0.3, 0.4) is 0 Å². The summed E-state index contributed by atoms with van der Waals surface area (Å²) in [6.07, 6.45) is 0. The molecule has 0 bridgehead atoms. The molecule has 0 saturated heterocycles. The van der Waals surface area contributed by atoms with Crippen molar-refractivity contribution in [1.82, 2.24) is 0 Å². The summed E-state index contributed by atoms with van der Waals surface area (Å²) in [5.41, 5.74) is 2.19. The van der Waals surface area contributed by atoms with Crippen LogP contribution in [0.15, 0.2) is 176 Å². The molecule has 2 unspecified atom stereocenters. The van der Waals surface area contributed by atoms with Gasteiger partial charge in [-0.15, -0.1) is 11.3 Å². The maximum Gasteiger partial charge on any atom is 0.171 e. The molecule has 268 valence electrons. The summed E-state index contributed by atoms with van der Waals surface area (Å²) in [7, 11) is -8.04. The van der Waals surface area contributed by atoms with Gasteiger partial charge in [-0.3, -0.25) is 0 Å². The molecule has 2 atom stereocenters. The molecule has 1 heterocycles. The van der Waals surface area contributed by atoms with Gasteiger partial charge in [0.1, 0.15) is 0 Å². The molecule has 0 aliphatic carbocycles. The van der Waals surface area contributed by atoms with E-state index in [0.717, 1.165) is 52.0 Å². The first-order valence-electron chi connectivity index (χ1n) is 18.5. The highest BCUT2D eigenvalue weighted by molar-refractivity contribution is 7.85. The monoisotopic (exact) mass is 774 g/mol. The van der Waals surface area contributed by atoms with Crippen LogP contribution in [0, 0.1) is 0 Å². The Balaban J connectivity index is 1.28. The van der Waals surface area contributed by atoms with Crippen LogP contribution >= 0.6 is 25.6 Å². The first-order valence-corrected chi connectivity index (χ1v) is 26.2. The summed E-state index contributed by atoms with van der Waals surface area (Å²) in [6, 6.07) is 59.8. The molecular formula is C48H44O2P2SSi. The number of hydrogen-bond acceptors (Lipinski definition) is 3. The second kappa shape index (κ2) is 13.9. The van der Waals surface area contributed by atoms with Gasteiger partial charge in [-0.25, -0.2) is 0 Å². The van der Waals surface area contributed by atoms with Crippen molar-refractivity contribution in [3.05, 3.63) is 187 Å². The van der Waals surface area contributed by atoms with E-state index in [4.69, 9.17) is 0 Å². The minimum atomic E-state index is -3.28. The lowest BCUT2D eigenvalue weighted by Gasteiger charge is -2.27. The van der Waals surface area contributed by atoms with E-state index < -0.39 is 22.4 Å². The molecule has 0 amide bonds. The zero-order chi connectivity index (χ0) is 37.7. The predicted octanol–water partition coefficient (Wildman–Crippen LogP) is 10.2. The molecule has 6 heteroatoms. The molecule has 8 rings (SSSR count). The van der Waals surface area contributed by atoms with Crippen LogP contribution in [-0.4, -0.2) is 8.07 Å². The zero-order valence-electron chi connectivity index (χ0n) is 31.4. The van der Waals surface area contributed by atoms with Crippen LogP contribution in [0.5, 0.6) is 0 Å². The Morgan fingerprint density at radius 1 is 0.426 bits per heavy atom.